The number of hydrogen-bond acceptors (Lipinski definition) is 3. The van der Waals surface area contributed by atoms with Gasteiger partial charge in [0.15, 0.2) is 6.17 Å². The Balaban J connectivity index is 1.60. The van der Waals surface area contributed by atoms with Gasteiger partial charge in [0.05, 0.1) is 13.3 Å². The molecule has 3 saturated heterocycles. The highest BCUT2D eigenvalue weighted by Gasteiger charge is 2.58. The van der Waals surface area contributed by atoms with Crippen molar-refractivity contribution in [3.05, 3.63) is 0 Å². The van der Waals surface area contributed by atoms with Crippen molar-refractivity contribution >= 4 is 12.1 Å². The average Bonchev–Trinajstić information content (AvgIpc) is 2.99. The summed E-state index contributed by atoms with van der Waals surface area (Å²) in [5.74, 6) is 0. The van der Waals surface area contributed by atoms with Crippen LogP contribution in [0.4, 0.5) is 9.59 Å². The Morgan fingerprint density at radius 1 is 1.09 bits per heavy atom. The molecule has 2 atom stereocenters. The van der Waals surface area contributed by atoms with Crippen molar-refractivity contribution in [1.82, 2.24) is 24.9 Å². The van der Waals surface area contributed by atoms with E-state index in [0.717, 1.165) is 25.8 Å². The number of carbonyl (C=O) groups is 2. The van der Waals surface area contributed by atoms with Gasteiger partial charge in [-0.15, -0.1) is 0 Å². The molecule has 3 heterocycles. The summed E-state index contributed by atoms with van der Waals surface area (Å²) in [4.78, 5) is 33.1. The summed E-state index contributed by atoms with van der Waals surface area (Å²) in [6, 6.07) is 0.360. The van der Waals surface area contributed by atoms with Crippen molar-refractivity contribution in [3.63, 3.8) is 0 Å². The minimum atomic E-state index is -0.160. The van der Waals surface area contributed by atoms with Gasteiger partial charge in [-0.3, -0.25) is 19.6 Å². The standard InChI is InChI=1S/C15H25N5O2/c1-2-8-17-9-18-13-12(16-14(18)21)20(15(22)19(13)10-17)11-6-4-3-5-7-11/h11-13H,2-10H2,1H3,(H,16,21)/t12-,13+/m1/s1. The fourth-order valence-corrected chi connectivity index (χ4v) is 4.47. The molecule has 7 nitrogen and oxygen atoms in total. The van der Waals surface area contributed by atoms with Gasteiger partial charge >= 0.3 is 12.1 Å². The Morgan fingerprint density at radius 3 is 2.55 bits per heavy atom. The third-order valence-corrected chi connectivity index (χ3v) is 5.43. The molecule has 122 valence electrons. The zero-order valence-corrected chi connectivity index (χ0v) is 13.2. The molecule has 1 aliphatic carbocycles. The molecule has 4 fully saturated rings. The minimum absolute atomic E-state index is 0.0332. The Bertz CT molecular complexity index is 479. The molecular formula is C15H25N5O2. The Labute approximate surface area is 131 Å². The molecule has 3 aliphatic heterocycles. The lowest BCUT2D eigenvalue weighted by Gasteiger charge is -2.41. The van der Waals surface area contributed by atoms with E-state index in [1.807, 2.05) is 14.7 Å². The Kier molecular flexibility index (Phi) is 3.40. The molecule has 0 unspecified atom stereocenters. The van der Waals surface area contributed by atoms with Crippen LogP contribution in [0.25, 0.3) is 0 Å². The summed E-state index contributed by atoms with van der Waals surface area (Å²) in [5, 5.41) is 3.05. The topological polar surface area (TPSA) is 59.1 Å². The molecule has 4 aliphatic rings. The Morgan fingerprint density at radius 2 is 1.82 bits per heavy atom. The van der Waals surface area contributed by atoms with Gasteiger partial charge in [-0.1, -0.05) is 26.2 Å². The van der Waals surface area contributed by atoms with Crippen molar-refractivity contribution in [1.29, 1.82) is 0 Å². The van der Waals surface area contributed by atoms with Crippen LogP contribution in [-0.2, 0) is 0 Å². The monoisotopic (exact) mass is 307 g/mol. The second-order valence-electron chi connectivity index (χ2n) is 6.91. The van der Waals surface area contributed by atoms with Crippen LogP contribution in [0.5, 0.6) is 0 Å². The first-order valence-electron chi connectivity index (χ1n) is 8.59. The first-order valence-corrected chi connectivity index (χ1v) is 8.59. The van der Waals surface area contributed by atoms with E-state index in [2.05, 4.69) is 17.1 Å². The molecule has 4 rings (SSSR count). The molecule has 0 radical (unpaired) electrons. The van der Waals surface area contributed by atoms with Gasteiger partial charge in [0, 0.05) is 12.6 Å². The SMILES string of the molecule is CCCN1CN2C(=O)N[C@H]3[C@@H]2N(C1)C(=O)N3C1CCCCC1. The maximum Gasteiger partial charge on any atom is 0.324 e. The summed E-state index contributed by atoms with van der Waals surface area (Å²) in [6.45, 7) is 4.30. The van der Waals surface area contributed by atoms with Gasteiger partial charge in [0.25, 0.3) is 0 Å². The Hall–Kier alpha value is -1.50. The molecule has 1 N–H and O–H groups in total. The van der Waals surface area contributed by atoms with E-state index in [0.29, 0.717) is 13.3 Å². The van der Waals surface area contributed by atoms with Gasteiger partial charge in [0.1, 0.15) is 6.17 Å². The molecule has 0 aromatic rings. The first kappa shape index (κ1) is 14.1. The van der Waals surface area contributed by atoms with Gasteiger partial charge < -0.3 is 5.32 Å². The van der Waals surface area contributed by atoms with Crippen molar-refractivity contribution in [2.24, 2.45) is 0 Å². The highest BCUT2D eigenvalue weighted by atomic mass is 16.2. The summed E-state index contributed by atoms with van der Waals surface area (Å²) in [6.07, 6.45) is 6.52. The molecule has 0 spiro atoms. The molecule has 4 amide bonds. The number of nitrogens with one attached hydrogen (secondary N) is 1. The number of rotatable bonds is 3. The fraction of sp³-hybridized carbons (Fsp3) is 0.867. The van der Waals surface area contributed by atoms with Crippen LogP contribution in [0.2, 0.25) is 0 Å². The maximum atomic E-state index is 12.9. The summed E-state index contributed by atoms with van der Waals surface area (Å²) in [5.41, 5.74) is 0. The summed E-state index contributed by atoms with van der Waals surface area (Å²) in [7, 11) is 0. The van der Waals surface area contributed by atoms with Crippen molar-refractivity contribution in [2.75, 3.05) is 19.9 Å². The predicted octanol–water partition coefficient (Wildman–Crippen LogP) is 1.37. The lowest BCUT2D eigenvalue weighted by molar-refractivity contribution is -0.0102. The van der Waals surface area contributed by atoms with Crippen LogP contribution in [0.15, 0.2) is 0 Å². The van der Waals surface area contributed by atoms with E-state index >= 15 is 0 Å². The number of nitrogens with zero attached hydrogens (tertiary/aromatic N) is 4. The summed E-state index contributed by atoms with van der Waals surface area (Å²) < 4.78 is 0. The van der Waals surface area contributed by atoms with Gasteiger partial charge in [-0.2, -0.15) is 0 Å². The van der Waals surface area contributed by atoms with E-state index < -0.39 is 0 Å². The van der Waals surface area contributed by atoms with Gasteiger partial charge in [0.2, 0.25) is 0 Å². The number of carbonyl (C=O) groups excluding carboxylic acids is 2. The van der Waals surface area contributed by atoms with Crippen LogP contribution < -0.4 is 5.32 Å². The molecule has 7 heteroatoms. The quantitative estimate of drug-likeness (QED) is 0.857. The average molecular weight is 307 g/mol. The van der Waals surface area contributed by atoms with E-state index in [4.69, 9.17) is 0 Å². The number of amides is 4. The normalized spacial score (nSPS) is 32.7. The zero-order valence-electron chi connectivity index (χ0n) is 13.2. The largest absolute Gasteiger partial charge is 0.324 e. The molecule has 22 heavy (non-hydrogen) atoms. The minimum Gasteiger partial charge on any atom is -0.314 e. The third kappa shape index (κ3) is 1.98. The maximum absolute atomic E-state index is 12.9. The first-order chi connectivity index (χ1) is 10.7. The number of urea groups is 2. The van der Waals surface area contributed by atoms with Crippen molar-refractivity contribution < 1.29 is 9.59 Å². The van der Waals surface area contributed by atoms with E-state index in [-0.39, 0.29) is 30.4 Å². The van der Waals surface area contributed by atoms with Crippen molar-refractivity contribution in [3.8, 4) is 0 Å². The van der Waals surface area contributed by atoms with E-state index in [1.54, 1.807) is 0 Å². The summed E-state index contributed by atoms with van der Waals surface area (Å²) >= 11 is 0. The fourth-order valence-electron chi connectivity index (χ4n) is 4.47. The lowest BCUT2D eigenvalue weighted by atomic mass is 9.94. The predicted molar refractivity (Wildman–Crippen MR) is 80.6 cm³/mol. The van der Waals surface area contributed by atoms with Crippen LogP contribution >= 0.6 is 0 Å². The number of hydrogen-bond donors (Lipinski definition) is 1. The molecule has 0 aromatic heterocycles. The van der Waals surface area contributed by atoms with Crippen LogP contribution in [-0.4, -0.2) is 69.9 Å². The van der Waals surface area contributed by atoms with Crippen LogP contribution in [0.3, 0.4) is 0 Å². The van der Waals surface area contributed by atoms with Crippen molar-refractivity contribution in [2.45, 2.75) is 63.8 Å². The highest BCUT2D eigenvalue weighted by molar-refractivity contribution is 5.85. The second-order valence-corrected chi connectivity index (χ2v) is 6.91. The van der Waals surface area contributed by atoms with E-state index in [9.17, 15) is 9.59 Å². The smallest absolute Gasteiger partial charge is 0.314 e. The third-order valence-electron chi connectivity index (χ3n) is 5.43. The van der Waals surface area contributed by atoms with Crippen LogP contribution in [0, 0.1) is 0 Å². The van der Waals surface area contributed by atoms with Crippen LogP contribution in [0.1, 0.15) is 45.4 Å². The molecule has 1 saturated carbocycles. The van der Waals surface area contributed by atoms with Gasteiger partial charge in [-0.25, -0.2) is 9.59 Å². The van der Waals surface area contributed by atoms with E-state index in [1.165, 1.54) is 19.3 Å². The highest BCUT2D eigenvalue weighted by Crippen LogP contribution is 2.36. The molecule has 0 bridgehead atoms. The lowest BCUT2D eigenvalue weighted by Crippen LogP contribution is -2.59. The molecule has 0 aromatic carbocycles. The van der Waals surface area contributed by atoms with Gasteiger partial charge in [-0.05, 0) is 19.3 Å². The zero-order chi connectivity index (χ0) is 15.3. The molecular weight excluding hydrogens is 282 g/mol. The second kappa shape index (κ2) is 5.30.